The minimum atomic E-state index is 1.05. The summed E-state index contributed by atoms with van der Waals surface area (Å²) >= 11 is 0. The zero-order chi connectivity index (χ0) is 10.5. The van der Waals surface area contributed by atoms with Crippen molar-refractivity contribution >= 4 is 22.5 Å². The van der Waals surface area contributed by atoms with Crippen molar-refractivity contribution in [1.29, 1.82) is 0 Å². The number of nitrogens with zero attached hydrogens (tertiary/aromatic N) is 1. The van der Waals surface area contributed by atoms with E-state index >= 15 is 0 Å². The third kappa shape index (κ3) is 0.860. The molecule has 1 aliphatic rings. The largest absolute Gasteiger partial charge is 0.316 e. The highest BCUT2D eigenvalue weighted by Crippen LogP contribution is 2.33. The van der Waals surface area contributed by atoms with Crippen molar-refractivity contribution < 1.29 is 0 Å². The Kier molecular flexibility index (Phi) is 1.41. The third-order valence-electron chi connectivity index (χ3n) is 3.42. The number of aromatic nitrogens is 1. The van der Waals surface area contributed by atoms with Gasteiger partial charge in [-0.25, -0.2) is 0 Å². The van der Waals surface area contributed by atoms with E-state index in [0.717, 1.165) is 6.42 Å². The standard InChI is InChI=1S/C15H11N/c1-2-10-16-13(8-1)12-7-3-5-11-6-4-9-14(16)15(11)12/h1-6,8-10H,7H2. The van der Waals surface area contributed by atoms with Crippen molar-refractivity contribution in [2.24, 2.45) is 0 Å². The molecule has 0 aliphatic heterocycles. The summed E-state index contributed by atoms with van der Waals surface area (Å²) in [5, 5.41) is 1.43. The summed E-state index contributed by atoms with van der Waals surface area (Å²) in [5.74, 6) is 0. The van der Waals surface area contributed by atoms with Crippen molar-refractivity contribution in [2.45, 2.75) is 6.42 Å². The highest BCUT2D eigenvalue weighted by Gasteiger charge is 2.14. The summed E-state index contributed by atoms with van der Waals surface area (Å²) in [6.07, 6.45) is 7.68. The smallest absolute Gasteiger partial charge is 0.0537 e. The topological polar surface area (TPSA) is 4.41 Å². The van der Waals surface area contributed by atoms with Gasteiger partial charge in [-0.15, -0.1) is 0 Å². The number of hydrogen-bond donors (Lipinski definition) is 0. The molecular formula is C15H11N. The average Bonchev–Trinajstić information content (AvgIpc) is 2.68. The van der Waals surface area contributed by atoms with E-state index in [1.54, 1.807) is 0 Å². The lowest BCUT2D eigenvalue weighted by molar-refractivity contribution is 1.23. The van der Waals surface area contributed by atoms with E-state index in [-0.39, 0.29) is 0 Å². The molecule has 0 N–H and O–H groups in total. The first kappa shape index (κ1) is 8.17. The van der Waals surface area contributed by atoms with Crippen LogP contribution < -0.4 is 0 Å². The van der Waals surface area contributed by atoms with Gasteiger partial charge in [0.15, 0.2) is 0 Å². The van der Waals surface area contributed by atoms with Crippen LogP contribution in [0.4, 0.5) is 0 Å². The van der Waals surface area contributed by atoms with Crippen LogP contribution in [-0.2, 0) is 6.42 Å². The van der Waals surface area contributed by atoms with Crippen molar-refractivity contribution in [3.8, 4) is 0 Å². The van der Waals surface area contributed by atoms with Crippen LogP contribution in [0.15, 0.2) is 48.7 Å². The van der Waals surface area contributed by atoms with E-state index in [2.05, 4.69) is 59.1 Å². The Morgan fingerprint density at radius 2 is 1.88 bits per heavy atom. The molecule has 1 heteroatoms. The highest BCUT2D eigenvalue weighted by atomic mass is 14.9. The first-order chi connectivity index (χ1) is 7.95. The quantitative estimate of drug-likeness (QED) is 0.527. The molecule has 2 aromatic heterocycles. The van der Waals surface area contributed by atoms with Gasteiger partial charge in [-0.1, -0.05) is 30.4 Å². The van der Waals surface area contributed by atoms with Crippen LogP contribution in [0.2, 0.25) is 0 Å². The Balaban J connectivity index is 2.39. The molecule has 1 aliphatic carbocycles. The second-order valence-corrected chi connectivity index (χ2v) is 4.28. The predicted octanol–water partition coefficient (Wildman–Crippen LogP) is 3.66. The van der Waals surface area contributed by atoms with Gasteiger partial charge in [0.1, 0.15) is 0 Å². The molecule has 1 aromatic carbocycles. The van der Waals surface area contributed by atoms with Crippen molar-refractivity contribution in [1.82, 2.24) is 4.40 Å². The summed E-state index contributed by atoms with van der Waals surface area (Å²) in [6, 6.07) is 12.9. The zero-order valence-electron chi connectivity index (χ0n) is 8.85. The van der Waals surface area contributed by atoms with E-state index in [0.29, 0.717) is 0 Å². The Bertz CT molecular complexity index is 732. The molecule has 0 bridgehead atoms. The Hall–Kier alpha value is -2.02. The molecule has 0 atom stereocenters. The molecule has 4 rings (SSSR count). The van der Waals surface area contributed by atoms with Crippen LogP contribution in [0, 0.1) is 0 Å². The highest BCUT2D eigenvalue weighted by molar-refractivity contribution is 5.99. The number of benzene rings is 1. The molecule has 0 fully saturated rings. The summed E-state index contributed by atoms with van der Waals surface area (Å²) in [7, 11) is 0. The summed E-state index contributed by atoms with van der Waals surface area (Å²) in [6.45, 7) is 0. The van der Waals surface area contributed by atoms with Crippen LogP contribution in [-0.4, -0.2) is 4.40 Å². The van der Waals surface area contributed by atoms with Gasteiger partial charge in [-0.3, -0.25) is 0 Å². The minimum absolute atomic E-state index is 1.05. The van der Waals surface area contributed by atoms with Crippen LogP contribution >= 0.6 is 0 Å². The van der Waals surface area contributed by atoms with E-state index in [4.69, 9.17) is 0 Å². The molecule has 1 nitrogen and oxygen atoms in total. The van der Waals surface area contributed by atoms with E-state index in [1.165, 1.54) is 27.5 Å². The number of pyridine rings is 1. The van der Waals surface area contributed by atoms with Gasteiger partial charge in [0.2, 0.25) is 0 Å². The minimum Gasteiger partial charge on any atom is -0.316 e. The van der Waals surface area contributed by atoms with Crippen LogP contribution in [0.1, 0.15) is 11.1 Å². The van der Waals surface area contributed by atoms with Crippen LogP contribution in [0.25, 0.3) is 22.5 Å². The maximum atomic E-state index is 2.29. The fourth-order valence-electron chi connectivity index (χ4n) is 2.76. The second-order valence-electron chi connectivity index (χ2n) is 4.28. The molecule has 3 aromatic rings. The number of fused-ring (bicyclic) bond motifs is 3. The Morgan fingerprint density at radius 3 is 2.88 bits per heavy atom. The van der Waals surface area contributed by atoms with Crippen molar-refractivity contribution in [2.75, 3.05) is 0 Å². The first-order valence-electron chi connectivity index (χ1n) is 5.62. The molecule has 76 valence electrons. The zero-order valence-corrected chi connectivity index (χ0v) is 8.85. The van der Waals surface area contributed by atoms with Crippen LogP contribution in [0.5, 0.6) is 0 Å². The van der Waals surface area contributed by atoms with E-state index in [9.17, 15) is 0 Å². The van der Waals surface area contributed by atoms with Crippen molar-refractivity contribution in [3.63, 3.8) is 0 Å². The molecule has 0 saturated heterocycles. The van der Waals surface area contributed by atoms with Gasteiger partial charge in [-0.05, 0) is 35.7 Å². The molecule has 0 spiro atoms. The predicted molar refractivity (Wildman–Crippen MR) is 67.6 cm³/mol. The number of hydrogen-bond acceptors (Lipinski definition) is 0. The normalized spacial score (nSPS) is 13.8. The number of allylic oxidation sites excluding steroid dienone is 1. The Labute approximate surface area is 93.6 Å². The van der Waals surface area contributed by atoms with Gasteiger partial charge in [0.25, 0.3) is 0 Å². The molecule has 2 heterocycles. The third-order valence-corrected chi connectivity index (χ3v) is 3.42. The van der Waals surface area contributed by atoms with Gasteiger partial charge < -0.3 is 4.40 Å². The molecule has 0 unspecified atom stereocenters. The fourth-order valence-corrected chi connectivity index (χ4v) is 2.76. The molecule has 16 heavy (non-hydrogen) atoms. The van der Waals surface area contributed by atoms with E-state index in [1.807, 2.05) is 0 Å². The Morgan fingerprint density at radius 1 is 0.938 bits per heavy atom. The summed E-state index contributed by atoms with van der Waals surface area (Å²) < 4.78 is 2.29. The molecular weight excluding hydrogens is 194 g/mol. The van der Waals surface area contributed by atoms with E-state index < -0.39 is 0 Å². The summed E-state index contributed by atoms with van der Waals surface area (Å²) in [5.41, 5.74) is 5.48. The lowest BCUT2D eigenvalue weighted by atomic mass is 9.98. The monoisotopic (exact) mass is 205 g/mol. The maximum Gasteiger partial charge on any atom is 0.0537 e. The number of rotatable bonds is 0. The second kappa shape index (κ2) is 2.76. The maximum absolute atomic E-state index is 2.29. The van der Waals surface area contributed by atoms with Gasteiger partial charge in [-0.2, -0.15) is 0 Å². The summed E-state index contributed by atoms with van der Waals surface area (Å²) in [4.78, 5) is 0. The van der Waals surface area contributed by atoms with Crippen LogP contribution in [0.3, 0.4) is 0 Å². The van der Waals surface area contributed by atoms with Gasteiger partial charge in [0, 0.05) is 17.1 Å². The van der Waals surface area contributed by atoms with Gasteiger partial charge in [0.05, 0.1) is 5.52 Å². The molecule has 0 radical (unpaired) electrons. The van der Waals surface area contributed by atoms with Gasteiger partial charge >= 0.3 is 0 Å². The fraction of sp³-hybridized carbons (Fsp3) is 0.0667. The first-order valence-corrected chi connectivity index (χ1v) is 5.62. The van der Waals surface area contributed by atoms with Crippen molar-refractivity contribution in [3.05, 3.63) is 59.8 Å². The SMILES string of the molecule is C1=Cc2cccc3c2c(c2ccccn23)C1. The lowest BCUT2D eigenvalue weighted by Crippen LogP contribution is -1.87. The lowest BCUT2D eigenvalue weighted by Gasteiger charge is -2.05. The molecule has 0 amide bonds. The molecule has 0 saturated carbocycles. The average molecular weight is 205 g/mol.